The lowest BCUT2D eigenvalue weighted by atomic mass is 9.88. The van der Waals surface area contributed by atoms with Gasteiger partial charge < -0.3 is 15.0 Å². The van der Waals surface area contributed by atoms with Gasteiger partial charge in [-0.2, -0.15) is 0 Å². The minimum atomic E-state index is -0.0307. The summed E-state index contributed by atoms with van der Waals surface area (Å²) < 4.78 is 7.01. The molecule has 1 amide bonds. The SMILES string of the molecule is CC1CCCCC1OCCNC(=O)c1cc2sc(N(C)C)nc2s1. The summed E-state index contributed by atoms with van der Waals surface area (Å²) >= 11 is 3.06. The highest BCUT2D eigenvalue weighted by Gasteiger charge is 2.21. The first-order chi connectivity index (χ1) is 11.5. The van der Waals surface area contributed by atoms with Gasteiger partial charge in [0.05, 0.1) is 22.3 Å². The molecule has 1 aliphatic rings. The zero-order valence-corrected chi connectivity index (χ0v) is 16.1. The Morgan fingerprint density at radius 2 is 2.17 bits per heavy atom. The number of nitrogens with zero attached hydrogens (tertiary/aromatic N) is 2. The molecule has 2 atom stereocenters. The highest BCUT2D eigenvalue weighted by atomic mass is 32.1. The van der Waals surface area contributed by atoms with E-state index >= 15 is 0 Å². The first-order valence-corrected chi connectivity index (χ1v) is 10.2. The molecule has 2 heterocycles. The molecule has 24 heavy (non-hydrogen) atoms. The summed E-state index contributed by atoms with van der Waals surface area (Å²) in [6.07, 6.45) is 5.34. The van der Waals surface area contributed by atoms with Crippen molar-refractivity contribution in [1.82, 2.24) is 10.3 Å². The third-order valence-corrected chi connectivity index (χ3v) is 6.76. The molecule has 1 fully saturated rings. The summed E-state index contributed by atoms with van der Waals surface area (Å²) in [7, 11) is 3.95. The van der Waals surface area contributed by atoms with Gasteiger partial charge in [-0.15, -0.1) is 11.3 Å². The first-order valence-electron chi connectivity index (χ1n) is 8.52. The van der Waals surface area contributed by atoms with E-state index < -0.39 is 0 Å². The Morgan fingerprint density at radius 1 is 1.38 bits per heavy atom. The zero-order chi connectivity index (χ0) is 17.1. The molecule has 0 radical (unpaired) electrons. The molecule has 1 N–H and O–H groups in total. The van der Waals surface area contributed by atoms with Crippen molar-refractivity contribution < 1.29 is 9.53 Å². The van der Waals surface area contributed by atoms with Crippen molar-refractivity contribution in [2.45, 2.75) is 38.7 Å². The summed E-state index contributed by atoms with van der Waals surface area (Å²) in [4.78, 5) is 20.4. The number of thiophene rings is 1. The van der Waals surface area contributed by atoms with E-state index in [1.165, 1.54) is 30.6 Å². The fraction of sp³-hybridized carbons (Fsp3) is 0.647. The lowest BCUT2D eigenvalue weighted by Gasteiger charge is -2.28. The number of fused-ring (bicyclic) bond motifs is 1. The maximum absolute atomic E-state index is 12.3. The molecule has 1 aliphatic carbocycles. The molecule has 0 aliphatic heterocycles. The summed E-state index contributed by atoms with van der Waals surface area (Å²) in [5, 5.41) is 3.92. The number of hydrogen-bond acceptors (Lipinski definition) is 6. The molecule has 5 nitrogen and oxygen atoms in total. The average molecular weight is 368 g/mol. The van der Waals surface area contributed by atoms with Crippen molar-refractivity contribution in [3.05, 3.63) is 10.9 Å². The van der Waals surface area contributed by atoms with Gasteiger partial charge in [-0.25, -0.2) is 4.98 Å². The fourth-order valence-electron chi connectivity index (χ4n) is 3.02. The number of thiazole rings is 1. The van der Waals surface area contributed by atoms with Crippen LogP contribution in [0.5, 0.6) is 0 Å². The molecule has 132 valence electrons. The maximum Gasteiger partial charge on any atom is 0.261 e. The van der Waals surface area contributed by atoms with Crippen molar-refractivity contribution in [3.63, 3.8) is 0 Å². The van der Waals surface area contributed by atoms with Crippen molar-refractivity contribution in [2.75, 3.05) is 32.1 Å². The molecule has 1 saturated carbocycles. The molecule has 0 bridgehead atoms. The second-order valence-corrected chi connectivity index (χ2v) is 8.64. The molecule has 0 spiro atoms. The predicted octanol–water partition coefficient (Wildman–Crippen LogP) is 3.75. The minimum Gasteiger partial charge on any atom is -0.376 e. The molecular formula is C17H25N3O2S2. The van der Waals surface area contributed by atoms with Gasteiger partial charge in [0.1, 0.15) is 4.83 Å². The predicted molar refractivity (Wildman–Crippen MR) is 102 cm³/mol. The van der Waals surface area contributed by atoms with E-state index in [0.29, 0.717) is 25.2 Å². The average Bonchev–Trinajstić information content (AvgIpc) is 3.11. The first kappa shape index (κ1) is 17.6. The topological polar surface area (TPSA) is 54.5 Å². The van der Waals surface area contributed by atoms with Crippen molar-refractivity contribution in [3.8, 4) is 0 Å². The van der Waals surface area contributed by atoms with Crippen LogP contribution in [-0.2, 0) is 4.74 Å². The molecule has 3 rings (SSSR count). The van der Waals surface area contributed by atoms with E-state index in [1.54, 1.807) is 11.3 Å². The highest BCUT2D eigenvalue weighted by Crippen LogP contribution is 2.33. The quantitative estimate of drug-likeness (QED) is 0.790. The minimum absolute atomic E-state index is 0.0307. The van der Waals surface area contributed by atoms with E-state index in [0.717, 1.165) is 26.0 Å². The van der Waals surface area contributed by atoms with Crippen molar-refractivity contribution in [2.24, 2.45) is 5.92 Å². The monoisotopic (exact) mass is 367 g/mol. The van der Waals surface area contributed by atoms with Gasteiger partial charge in [0, 0.05) is 20.6 Å². The number of aromatic nitrogens is 1. The van der Waals surface area contributed by atoms with Gasteiger partial charge in [0.15, 0.2) is 5.13 Å². The van der Waals surface area contributed by atoms with Crippen LogP contribution in [0.15, 0.2) is 6.07 Å². The second-order valence-electron chi connectivity index (χ2n) is 6.60. The summed E-state index contributed by atoms with van der Waals surface area (Å²) in [5.41, 5.74) is 0. The molecular weight excluding hydrogens is 342 g/mol. The third-order valence-electron chi connectivity index (χ3n) is 4.44. The molecule has 2 unspecified atom stereocenters. The van der Waals surface area contributed by atoms with Crippen molar-refractivity contribution >= 4 is 43.2 Å². The van der Waals surface area contributed by atoms with Crippen LogP contribution in [0, 0.1) is 5.92 Å². The summed E-state index contributed by atoms with van der Waals surface area (Å²) in [6.45, 7) is 3.41. The second kappa shape index (κ2) is 7.80. The normalized spacial score (nSPS) is 21.1. The lowest BCUT2D eigenvalue weighted by molar-refractivity contribution is -0.00292. The van der Waals surface area contributed by atoms with Gasteiger partial charge in [0.2, 0.25) is 0 Å². The number of nitrogens with one attached hydrogen (secondary N) is 1. The van der Waals surface area contributed by atoms with Crippen molar-refractivity contribution in [1.29, 1.82) is 0 Å². The lowest BCUT2D eigenvalue weighted by Crippen LogP contribution is -2.31. The standard InChI is InChI=1S/C17H25N3O2S2/c1-11-6-4-5-7-12(11)22-9-8-18-15(21)13-10-14-16(23-13)19-17(24-14)20(2)3/h10-12H,4-9H2,1-3H3,(H,18,21). The number of rotatable bonds is 6. The number of carbonyl (C=O) groups excluding carboxylic acids is 1. The van der Waals surface area contributed by atoms with Crippen LogP contribution < -0.4 is 10.2 Å². The van der Waals surface area contributed by atoms with Crippen LogP contribution in [0.3, 0.4) is 0 Å². The van der Waals surface area contributed by atoms with Crippen LogP contribution in [0.1, 0.15) is 42.3 Å². The third kappa shape index (κ3) is 4.07. The molecule has 2 aromatic heterocycles. The highest BCUT2D eigenvalue weighted by molar-refractivity contribution is 7.29. The Labute approximate surface area is 151 Å². The Kier molecular flexibility index (Phi) is 5.73. The van der Waals surface area contributed by atoms with Gasteiger partial charge in [-0.05, 0) is 24.8 Å². The van der Waals surface area contributed by atoms with Crippen LogP contribution in [0.25, 0.3) is 9.53 Å². The Bertz CT molecular complexity index is 664. The van der Waals surface area contributed by atoms with Crippen LogP contribution >= 0.6 is 22.7 Å². The molecule has 0 aromatic carbocycles. The number of anilines is 1. The number of amides is 1. The van der Waals surface area contributed by atoms with Gasteiger partial charge in [0.25, 0.3) is 5.91 Å². The van der Waals surface area contributed by atoms with Crippen LogP contribution in [0.4, 0.5) is 5.13 Å². The summed E-state index contributed by atoms with van der Waals surface area (Å²) in [6, 6.07) is 1.93. The largest absolute Gasteiger partial charge is 0.376 e. The Hall–Kier alpha value is -1.18. The Morgan fingerprint density at radius 3 is 2.88 bits per heavy atom. The van der Waals surface area contributed by atoms with Crippen LogP contribution in [-0.4, -0.2) is 44.2 Å². The smallest absolute Gasteiger partial charge is 0.261 e. The zero-order valence-electron chi connectivity index (χ0n) is 14.5. The van der Waals surface area contributed by atoms with E-state index in [-0.39, 0.29) is 5.91 Å². The van der Waals surface area contributed by atoms with E-state index in [4.69, 9.17) is 4.74 Å². The van der Waals surface area contributed by atoms with Gasteiger partial charge >= 0.3 is 0 Å². The van der Waals surface area contributed by atoms with Crippen LogP contribution in [0.2, 0.25) is 0 Å². The molecule has 7 heteroatoms. The molecule has 0 saturated heterocycles. The Balaban J connectivity index is 1.47. The number of carbonyl (C=O) groups is 1. The summed E-state index contributed by atoms with van der Waals surface area (Å²) in [5.74, 6) is 0.604. The van der Waals surface area contributed by atoms with E-state index in [9.17, 15) is 4.79 Å². The maximum atomic E-state index is 12.3. The van der Waals surface area contributed by atoms with E-state index in [2.05, 4.69) is 17.2 Å². The van der Waals surface area contributed by atoms with Gasteiger partial charge in [-0.1, -0.05) is 31.1 Å². The van der Waals surface area contributed by atoms with E-state index in [1.807, 2.05) is 25.1 Å². The number of hydrogen-bond donors (Lipinski definition) is 1. The fourth-order valence-corrected chi connectivity index (χ4v) is 5.07. The molecule has 2 aromatic rings. The number of ether oxygens (including phenoxy) is 1. The van der Waals surface area contributed by atoms with Gasteiger partial charge in [-0.3, -0.25) is 4.79 Å².